The average Bonchev–Trinajstić information content (AvgIpc) is 1.35. The molecule has 1 amide bonds. The molecule has 36 valence electrons. The maximum atomic E-state index is 9.63. The molecule has 0 aromatic carbocycles. The van der Waals surface area contributed by atoms with Crippen molar-refractivity contribution >= 4 is 12.6 Å². The maximum Gasteiger partial charge on any atom is 0.177 e. The first-order chi connectivity index (χ1) is 2.77. The van der Waals surface area contributed by atoms with E-state index >= 15 is 0 Å². The van der Waals surface area contributed by atoms with Gasteiger partial charge in [-0.2, -0.15) is 6.72 Å². The third-order valence-electron chi connectivity index (χ3n) is 0.219. The largest absolute Gasteiger partial charge is 0.452 e. The molecule has 0 aliphatic carbocycles. The summed E-state index contributed by atoms with van der Waals surface area (Å²) in [7, 11) is 0. The van der Waals surface area contributed by atoms with Crippen LogP contribution in [0.5, 0.6) is 0 Å². The molecular formula is C3H5N2OZn-. The van der Waals surface area contributed by atoms with Crippen molar-refractivity contribution in [2.45, 2.75) is 0 Å². The second kappa shape index (κ2) is 5.63. The molecule has 0 atom stereocenters. The quantitative estimate of drug-likeness (QED) is 0.317. The Labute approximate surface area is 54.7 Å². The summed E-state index contributed by atoms with van der Waals surface area (Å²) in [5, 5.41) is 0. The van der Waals surface area contributed by atoms with Crippen LogP contribution >= 0.6 is 0 Å². The van der Waals surface area contributed by atoms with Crippen LogP contribution in [0.1, 0.15) is 0 Å². The van der Waals surface area contributed by atoms with E-state index < -0.39 is 5.91 Å². The Morgan fingerprint density at radius 1 is 1.86 bits per heavy atom. The summed E-state index contributed by atoms with van der Waals surface area (Å²) in [5.41, 5.74) is 4.57. The van der Waals surface area contributed by atoms with E-state index in [2.05, 4.69) is 17.4 Å². The van der Waals surface area contributed by atoms with E-state index in [9.17, 15) is 4.79 Å². The maximum absolute atomic E-state index is 9.63. The van der Waals surface area contributed by atoms with Gasteiger partial charge in [0.1, 0.15) is 0 Å². The molecule has 3 nitrogen and oxygen atoms in total. The molecule has 0 aromatic rings. The first kappa shape index (κ1) is 9.81. The molecule has 0 radical (unpaired) electrons. The standard InChI is InChI=1S/C3H5N2O.Zn/c1-5-2-3(4)6;/h2H,1H2,(H2,4,6);/q-1;. The number of nitrogens with two attached hydrogens (primary N) is 1. The molecule has 0 aliphatic heterocycles. The van der Waals surface area contributed by atoms with Gasteiger partial charge in [0.2, 0.25) is 0 Å². The summed E-state index contributed by atoms with van der Waals surface area (Å²) in [6, 6.07) is 0. The number of amides is 1. The fourth-order valence-electron chi connectivity index (χ4n) is 0.0900. The minimum absolute atomic E-state index is 0. The van der Waals surface area contributed by atoms with Crippen LogP contribution in [0.2, 0.25) is 0 Å². The van der Waals surface area contributed by atoms with Crippen LogP contribution < -0.4 is 5.73 Å². The van der Waals surface area contributed by atoms with E-state index in [0.29, 0.717) is 0 Å². The normalized spacial score (nSPS) is 5.71. The number of hydrogen-bond donors (Lipinski definition) is 1. The molecule has 0 saturated carbocycles. The van der Waals surface area contributed by atoms with E-state index in [-0.39, 0.29) is 19.5 Å². The average molecular weight is 150 g/mol. The predicted molar refractivity (Wildman–Crippen MR) is 23.0 cm³/mol. The Morgan fingerprint density at radius 3 is 2.29 bits per heavy atom. The fraction of sp³-hybridized carbons (Fsp3) is 0. The third-order valence-corrected chi connectivity index (χ3v) is 0.219. The van der Waals surface area contributed by atoms with Crippen molar-refractivity contribution in [2.24, 2.45) is 10.7 Å². The molecule has 0 saturated heterocycles. The zero-order valence-electron chi connectivity index (χ0n) is 3.92. The van der Waals surface area contributed by atoms with Gasteiger partial charge in [0.25, 0.3) is 0 Å². The Hall–Kier alpha value is -0.367. The zero-order chi connectivity index (χ0) is 4.99. The second-order valence-electron chi connectivity index (χ2n) is 0.714. The number of nitrogens with zero attached hydrogens (tertiary/aromatic N) is 1. The number of hydrogen-bond acceptors (Lipinski definition) is 2. The van der Waals surface area contributed by atoms with Crippen LogP contribution in [-0.2, 0) is 24.3 Å². The van der Waals surface area contributed by atoms with Gasteiger partial charge >= 0.3 is 0 Å². The van der Waals surface area contributed by atoms with Gasteiger partial charge in [-0.05, 0) is 0 Å². The molecular weight excluding hydrogens is 145 g/mol. The Morgan fingerprint density at radius 2 is 2.29 bits per heavy atom. The van der Waals surface area contributed by atoms with E-state index in [1.807, 2.05) is 0 Å². The minimum atomic E-state index is -0.565. The van der Waals surface area contributed by atoms with Gasteiger partial charge in [-0.1, -0.05) is 6.54 Å². The minimum Gasteiger partial charge on any atom is -0.452 e. The van der Waals surface area contributed by atoms with Crippen molar-refractivity contribution in [2.75, 3.05) is 0 Å². The van der Waals surface area contributed by atoms with Crippen LogP contribution in [0.15, 0.2) is 4.99 Å². The number of primary amides is 1. The zero-order valence-corrected chi connectivity index (χ0v) is 6.89. The van der Waals surface area contributed by atoms with E-state index in [1.165, 1.54) is 0 Å². The SMILES string of the molecule is C=N[CH-]C(N)=O.[Zn]. The molecule has 4 heteroatoms. The van der Waals surface area contributed by atoms with Crippen molar-refractivity contribution in [3.63, 3.8) is 0 Å². The molecule has 0 unspecified atom stereocenters. The molecule has 2 N–H and O–H groups in total. The Kier molecular flexibility index (Phi) is 7.89. The van der Waals surface area contributed by atoms with Gasteiger partial charge in [-0.3, -0.25) is 4.79 Å². The Balaban J connectivity index is 0. The van der Waals surface area contributed by atoms with Crippen LogP contribution in [0.3, 0.4) is 0 Å². The molecule has 0 aromatic heterocycles. The molecule has 0 spiro atoms. The van der Waals surface area contributed by atoms with Crippen molar-refractivity contribution in [3.8, 4) is 0 Å². The summed E-state index contributed by atoms with van der Waals surface area (Å²) in [6.45, 7) is 3.94. The Bertz CT molecular complexity index is 73.3. The number of carbonyl (C=O) groups is 1. The first-order valence-corrected chi connectivity index (χ1v) is 1.36. The smallest absolute Gasteiger partial charge is 0.177 e. The van der Waals surface area contributed by atoms with Gasteiger partial charge in [-0.25, -0.2) is 0 Å². The van der Waals surface area contributed by atoms with Crippen LogP contribution in [0, 0.1) is 6.54 Å². The number of carbonyl (C=O) groups excluding carboxylic acids is 1. The summed E-state index contributed by atoms with van der Waals surface area (Å²) < 4.78 is 0. The van der Waals surface area contributed by atoms with Crippen LogP contribution in [0.25, 0.3) is 0 Å². The van der Waals surface area contributed by atoms with Crippen LogP contribution in [0.4, 0.5) is 0 Å². The van der Waals surface area contributed by atoms with Gasteiger partial charge < -0.3 is 10.7 Å². The van der Waals surface area contributed by atoms with Crippen molar-refractivity contribution in [3.05, 3.63) is 6.54 Å². The summed E-state index contributed by atoms with van der Waals surface area (Å²) in [6.07, 6.45) is 0. The van der Waals surface area contributed by atoms with E-state index in [1.54, 1.807) is 0 Å². The van der Waals surface area contributed by atoms with E-state index in [4.69, 9.17) is 0 Å². The van der Waals surface area contributed by atoms with Gasteiger partial charge in [-0.15, -0.1) is 0 Å². The third kappa shape index (κ3) is 10.7. The second-order valence-corrected chi connectivity index (χ2v) is 0.714. The topological polar surface area (TPSA) is 55.4 Å². The van der Waals surface area contributed by atoms with E-state index in [0.717, 1.165) is 6.54 Å². The summed E-state index contributed by atoms with van der Waals surface area (Å²) in [4.78, 5) is 12.7. The molecule has 0 aliphatic rings. The van der Waals surface area contributed by atoms with Gasteiger partial charge in [0.05, 0.1) is 0 Å². The van der Waals surface area contributed by atoms with Crippen molar-refractivity contribution in [1.82, 2.24) is 0 Å². The van der Waals surface area contributed by atoms with Gasteiger partial charge in [0.15, 0.2) is 5.91 Å². The molecule has 0 bridgehead atoms. The molecule has 0 heterocycles. The van der Waals surface area contributed by atoms with Gasteiger partial charge in [0, 0.05) is 19.5 Å². The number of rotatable bonds is 2. The van der Waals surface area contributed by atoms with Crippen molar-refractivity contribution in [1.29, 1.82) is 0 Å². The monoisotopic (exact) mass is 149 g/mol. The fourth-order valence-corrected chi connectivity index (χ4v) is 0.0900. The molecule has 0 rings (SSSR count). The molecule has 0 fully saturated rings. The predicted octanol–water partition coefficient (Wildman–Crippen LogP) is -0.668. The summed E-state index contributed by atoms with van der Waals surface area (Å²) >= 11 is 0. The first-order valence-electron chi connectivity index (χ1n) is 1.36. The summed E-state index contributed by atoms with van der Waals surface area (Å²) in [5.74, 6) is -0.565. The molecule has 7 heavy (non-hydrogen) atoms. The number of aliphatic imine (C=N–C) groups is 1. The van der Waals surface area contributed by atoms with Crippen LogP contribution in [-0.4, -0.2) is 12.6 Å². The van der Waals surface area contributed by atoms with Crippen molar-refractivity contribution < 1.29 is 24.3 Å².